The molecule has 0 spiro atoms. The highest BCUT2D eigenvalue weighted by molar-refractivity contribution is 5.94. The molecule has 20 heavy (non-hydrogen) atoms. The highest BCUT2D eigenvalue weighted by Crippen LogP contribution is 2.18. The zero-order chi connectivity index (χ0) is 14.4. The van der Waals surface area contributed by atoms with Crippen molar-refractivity contribution in [2.24, 2.45) is 0 Å². The smallest absolute Gasteiger partial charge is 0.337 e. The number of carboxylic acids is 1. The van der Waals surface area contributed by atoms with Gasteiger partial charge in [0.25, 0.3) is 0 Å². The first-order chi connectivity index (χ1) is 9.68. The van der Waals surface area contributed by atoms with Crippen LogP contribution < -0.4 is 5.32 Å². The van der Waals surface area contributed by atoms with Gasteiger partial charge >= 0.3 is 5.97 Å². The van der Waals surface area contributed by atoms with Gasteiger partial charge in [-0.15, -0.1) is 0 Å². The van der Waals surface area contributed by atoms with Crippen molar-refractivity contribution >= 4 is 11.7 Å². The van der Waals surface area contributed by atoms with Crippen LogP contribution in [0.15, 0.2) is 66.9 Å². The number of allylic oxidation sites excluding steroid dienone is 1. The standard InChI is InChI=1S/C17H17NO2/c1-13(14-7-3-2-4-8-14)11-12-18-16-10-6-5-9-15(16)17(19)20/h2-13,18H,1H3,(H,19,20)/b12-11-. The summed E-state index contributed by atoms with van der Waals surface area (Å²) in [5.41, 5.74) is 2.08. The molecule has 1 unspecified atom stereocenters. The van der Waals surface area contributed by atoms with Crippen LogP contribution in [0.1, 0.15) is 28.8 Å². The Balaban J connectivity index is 2.05. The second-order valence-electron chi connectivity index (χ2n) is 4.55. The van der Waals surface area contributed by atoms with E-state index in [0.717, 1.165) is 0 Å². The Hall–Kier alpha value is -2.55. The molecule has 0 heterocycles. The van der Waals surface area contributed by atoms with Crippen LogP contribution in [-0.4, -0.2) is 11.1 Å². The Labute approximate surface area is 118 Å². The van der Waals surface area contributed by atoms with E-state index in [4.69, 9.17) is 5.11 Å². The van der Waals surface area contributed by atoms with Crippen LogP contribution in [0.25, 0.3) is 0 Å². The molecule has 102 valence electrons. The van der Waals surface area contributed by atoms with Crippen molar-refractivity contribution in [1.29, 1.82) is 0 Å². The first-order valence-electron chi connectivity index (χ1n) is 6.49. The van der Waals surface area contributed by atoms with E-state index in [1.54, 1.807) is 24.4 Å². The molecule has 3 nitrogen and oxygen atoms in total. The van der Waals surface area contributed by atoms with Gasteiger partial charge in [-0.05, 0) is 23.9 Å². The van der Waals surface area contributed by atoms with Crippen LogP contribution in [0.5, 0.6) is 0 Å². The Kier molecular flexibility index (Phi) is 4.56. The summed E-state index contributed by atoms with van der Waals surface area (Å²) in [6.07, 6.45) is 3.80. The molecule has 0 bridgehead atoms. The SMILES string of the molecule is CC(/C=C\Nc1ccccc1C(=O)O)c1ccccc1. The van der Waals surface area contributed by atoms with Crippen molar-refractivity contribution in [3.8, 4) is 0 Å². The van der Waals surface area contributed by atoms with Crippen molar-refractivity contribution in [3.63, 3.8) is 0 Å². The average Bonchev–Trinajstić information content (AvgIpc) is 2.48. The first-order valence-corrected chi connectivity index (χ1v) is 6.49. The maximum Gasteiger partial charge on any atom is 0.337 e. The van der Waals surface area contributed by atoms with Crippen molar-refractivity contribution < 1.29 is 9.90 Å². The minimum atomic E-state index is -0.933. The topological polar surface area (TPSA) is 49.3 Å². The molecule has 2 aromatic rings. The van der Waals surface area contributed by atoms with E-state index in [0.29, 0.717) is 5.69 Å². The van der Waals surface area contributed by atoms with Crippen LogP contribution in [0.4, 0.5) is 5.69 Å². The van der Waals surface area contributed by atoms with Gasteiger partial charge in [0.15, 0.2) is 0 Å². The van der Waals surface area contributed by atoms with Crippen molar-refractivity contribution in [2.45, 2.75) is 12.8 Å². The van der Waals surface area contributed by atoms with Crippen LogP contribution in [-0.2, 0) is 0 Å². The summed E-state index contributed by atoms with van der Waals surface area (Å²) in [4.78, 5) is 11.1. The molecule has 0 aliphatic carbocycles. The van der Waals surface area contributed by atoms with E-state index < -0.39 is 5.97 Å². The van der Waals surface area contributed by atoms with Crippen LogP contribution in [0, 0.1) is 0 Å². The lowest BCUT2D eigenvalue weighted by molar-refractivity contribution is 0.0698. The van der Waals surface area contributed by atoms with Crippen LogP contribution >= 0.6 is 0 Å². The fourth-order valence-electron chi connectivity index (χ4n) is 1.95. The second-order valence-corrected chi connectivity index (χ2v) is 4.55. The van der Waals surface area contributed by atoms with Gasteiger partial charge in [-0.3, -0.25) is 0 Å². The maximum atomic E-state index is 11.1. The Bertz CT molecular complexity index is 605. The molecule has 0 saturated carbocycles. The van der Waals surface area contributed by atoms with E-state index in [-0.39, 0.29) is 11.5 Å². The minimum absolute atomic E-state index is 0.265. The lowest BCUT2D eigenvalue weighted by atomic mass is 10.0. The van der Waals surface area contributed by atoms with Crippen LogP contribution in [0.2, 0.25) is 0 Å². The zero-order valence-electron chi connectivity index (χ0n) is 11.3. The second kappa shape index (κ2) is 6.57. The summed E-state index contributed by atoms with van der Waals surface area (Å²) in [6, 6.07) is 17.0. The number of hydrogen-bond acceptors (Lipinski definition) is 2. The van der Waals surface area contributed by atoms with E-state index in [2.05, 4.69) is 24.4 Å². The number of benzene rings is 2. The molecular weight excluding hydrogens is 250 g/mol. The fraction of sp³-hybridized carbons (Fsp3) is 0.118. The Morgan fingerprint density at radius 3 is 2.45 bits per heavy atom. The van der Waals surface area contributed by atoms with Gasteiger partial charge in [-0.25, -0.2) is 4.79 Å². The van der Waals surface area contributed by atoms with Crippen LogP contribution in [0.3, 0.4) is 0 Å². The predicted molar refractivity (Wildman–Crippen MR) is 81.0 cm³/mol. The first kappa shape index (κ1) is 13.9. The van der Waals surface area contributed by atoms with Crippen molar-refractivity contribution in [2.75, 3.05) is 5.32 Å². The summed E-state index contributed by atoms with van der Waals surface area (Å²) in [6.45, 7) is 2.09. The van der Waals surface area contributed by atoms with Gasteiger partial charge in [0, 0.05) is 5.92 Å². The number of anilines is 1. The molecule has 0 aromatic heterocycles. The summed E-state index contributed by atoms with van der Waals surface area (Å²) in [7, 11) is 0. The Morgan fingerprint density at radius 2 is 1.75 bits per heavy atom. The average molecular weight is 267 g/mol. The minimum Gasteiger partial charge on any atom is -0.478 e. The molecule has 2 N–H and O–H groups in total. The van der Waals surface area contributed by atoms with Gasteiger partial charge < -0.3 is 10.4 Å². The molecule has 3 heteroatoms. The molecule has 0 radical (unpaired) electrons. The maximum absolute atomic E-state index is 11.1. The van der Waals surface area contributed by atoms with Crippen molar-refractivity contribution in [3.05, 3.63) is 78.0 Å². The molecular formula is C17H17NO2. The molecule has 0 aliphatic rings. The molecule has 1 atom stereocenters. The summed E-state index contributed by atoms with van der Waals surface area (Å²) in [5, 5.41) is 12.1. The van der Waals surface area contributed by atoms with E-state index in [1.165, 1.54) is 5.56 Å². The number of hydrogen-bond donors (Lipinski definition) is 2. The third-order valence-electron chi connectivity index (χ3n) is 3.11. The summed E-state index contributed by atoms with van der Waals surface area (Å²) >= 11 is 0. The fourth-order valence-corrected chi connectivity index (χ4v) is 1.95. The largest absolute Gasteiger partial charge is 0.478 e. The molecule has 0 amide bonds. The number of carboxylic acid groups (broad SMARTS) is 1. The highest BCUT2D eigenvalue weighted by atomic mass is 16.4. The van der Waals surface area contributed by atoms with Gasteiger partial charge in [-0.2, -0.15) is 0 Å². The lowest BCUT2D eigenvalue weighted by Gasteiger charge is -2.08. The highest BCUT2D eigenvalue weighted by Gasteiger charge is 2.07. The number of carbonyl (C=O) groups is 1. The summed E-state index contributed by atoms with van der Waals surface area (Å²) < 4.78 is 0. The van der Waals surface area contributed by atoms with E-state index in [1.807, 2.05) is 30.3 Å². The number of aromatic carboxylic acids is 1. The third-order valence-corrected chi connectivity index (χ3v) is 3.11. The monoisotopic (exact) mass is 267 g/mol. The molecule has 2 rings (SSSR count). The number of para-hydroxylation sites is 1. The Morgan fingerprint density at radius 1 is 1.10 bits per heavy atom. The predicted octanol–water partition coefficient (Wildman–Crippen LogP) is 4.11. The van der Waals surface area contributed by atoms with Crippen molar-refractivity contribution in [1.82, 2.24) is 0 Å². The van der Waals surface area contributed by atoms with Gasteiger partial charge in [-0.1, -0.05) is 55.5 Å². The van der Waals surface area contributed by atoms with E-state index >= 15 is 0 Å². The third kappa shape index (κ3) is 3.48. The van der Waals surface area contributed by atoms with Gasteiger partial charge in [0.05, 0.1) is 11.3 Å². The molecule has 0 saturated heterocycles. The molecule has 0 fully saturated rings. The van der Waals surface area contributed by atoms with Gasteiger partial charge in [0.1, 0.15) is 0 Å². The van der Waals surface area contributed by atoms with E-state index in [9.17, 15) is 4.79 Å². The number of rotatable bonds is 5. The molecule has 0 aliphatic heterocycles. The normalized spacial score (nSPS) is 12.2. The lowest BCUT2D eigenvalue weighted by Crippen LogP contribution is -2.01. The zero-order valence-corrected chi connectivity index (χ0v) is 11.3. The summed E-state index contributed by atoms with van der Waals surface area (Å²) in [5.74, 6) is -0.668. The number of nitrogens with one attached hydrogen (secondary N) is 1. The molecule has 2 aromatic carbocycles. The van der Waals surface area contributed by atoms with Gasteiger partial charge in [0.2, 0.25) is 0 Å². The quantitative estimate of drug-likeness (QED) is 0.857.